The van der Waals surface area contributed by atoms with E-state index in [9.17, 15) is 13.2 Å². The lowest BCUT2D eigenvalue weighted by Gasteiger charge is -2.16. The van der Waals surface area contributed by atoms with Crippen molar-refractivity contribution in [3.63, 3.8) is 0 Å². The van der Waals surface area contributed by atoms with Gasteiger partial charge in [0.15, 0.2) is 0 Å². The molecule has 124 valence electrons. The summed E-state index contributed by atoms with van der Waals surface area (Å²) < 4.78 is 31.0. The second-order valence-corrected chi connectivity index (χ2v) is 7.72. The lowest BCUT2D eigenvalue weighted by molar-refractivity contribution is -0.121. The first-order valence-corrected chi connectivity index (χ1v) is 9.49. The maximum atomic E-state index is 12.4. The Morgan fingerprint density at radius 1 is 1.26 bits per heavy atom. The molecule has 0 saturated heterocycles. The summed E-state index contributed by atoms with van der Waals surface area (Å²) in [5, 5.41) is 2.62. The number of furan rings is 1. The largest absolute Gasteiger partial charge is 0.467 e. The van der Waals surface area contributed by atoms with Gasteiger partial charge in [-0.05, 0) is 42.7 Å². The normalized spacial score (nSPS) is 11.6. The third-order valence-corrected chi connectivity index (χ3v) is 5.73. The van der Waals surface area contributed by atoms with Gasteiger partial charge in [0.2, 0.25) is 15.9 Å². The summed E-state index contributed by atoms with van der Waals surface area (Å²) in [5.41, 5.74) is 0. The fourth-order valence-electron chi connectivity index (χ4n) is 1.87. The SMILES string of the molecule is CSc1ccc(S(=O)(=O)N(C)CC(=O)NCc2ccco2)cc1. The van der Waals surface area contributed by atoms with Crippen molar-refractivity contribution in [3.8, 4) is 0 Å². The fourth-order valence-corrected chi connectivity index (χ4v) is 3.40. The highest BCUT2D eigenvalue weighted by molar-refractivity contribution is 7.98. The predicted octanol–water partition coefficient (Wildman–Crippen LogP) is 1.94. The number of carbonyl (C=O) groups is 1. The summed E-state index contributed by atoms with van der Waals surface area (Å²) >= 11 is 1.53. The zero-order valence-corrected chi connectivity index (χ0v) is 14.5. The number of benzene rings is 1. The molecule has 1 amide bonds. The summed E-state index contributed by atoms with van der Waals surface area (Å²) in [4.78, 5) is 13.0. The molecule has 0 saturated carbocycles. The van der Waals surface area contributed by atoms with E-state index in [0.717, 1.165) is 9.20 Å². The molecule has 6 nitrogen and oxygen atoms in total. The van der Waals surface area contributed by atoms with Gasteiger partial charge in [-0.2, -0.15) is 4.31 Å². The third-order valence-electron chi connectivity index (χ3n) is 3.17. The molecule has 2 rings (SSSR count). The van der Waals surface area contributed by atoms with Crippen LogP contribution in [0, 0.1) is 0 Å². The first-order valence-electron chi connectivity index (χ1n) is 6.83. The highest BCUT2D eigenvalue weighted by Gasteiger charge is 2.22. The van der Waals surface area contributed by atoms with Crippen LogP contribution in [0.5, 0.6) is 0 Å². The van der Waals surface area contributed by atoms with Crippen molar-refractivity contribution in [1.82, 2.24) is 9.62 Å². The molecule has 1 N–H and O–H groups in total. The van der Waals surface area contributed by atoms with Crippen LogP contribution in [0.15, 0.2) is 56.9 Å². The van der Waals surface area contributed by atoms with E-state index in [-0.39, 0.29) is 18.0 Å². The Labute approximate surface area is 139 Å². The molecule has 1 heterocycles. The van der Waals surface area contributed by atoms with Crippen molar-refractivity contribution < 1.29 is 17.6 Å². The fraction of sp³-hybridized carbons (Fsp3) is 0.267. The zero-order chi connectivity index (χ0) is 16.9. The maximum Gasteiger partial charge on any atom is 0.243 e. The average molecular weight is 354 g/mol. The number of nitrogens with zero attached hydrogens (tertiary/aromatic N) is 1. The van der Waals surface area contributed by atoms with Crippen LogP contribution in [-0.2, 0) is 21.4 Å². The summed E-state index contributed by atoms with van der Waals surface area (Å²) in [7, 11) is -2.31. The van der Waals surface area contributed by atoms with Crippen LogP contribution in [0.1, 0.15) is 5.76 Å². The minimum Gasteiger partial charge on any atom is -0.467 e. The molecule has 23 heavy (non-hydrogen) atoms. The Morgan fingerprint density at radius 3 is 2.52 bits per heavy atom. The Hall–Kier alpha value is -1.77. The van der Waals surface area contributed by atoms with Gasteiger partial charge in [0.25, 0.3) is 0 Å². The van der Waals surface area contributed by atoms with E-state index in [1.807, 2.05) is 6.26 Å². The highest BCUT2D eigenvalue weighted by atomic mass is 32.2. The lowest BCUT2D eigenvalue weighted by atomic mass is 10.4. The molecule has 0 bridgehead atoms. The molecular weight excluding hydrogens is 336 g/mol. The Bertz CT molecular complexity index is 740. The molecule has 0 aliphatic heterocycles. The second-order valence-electron chi connectivity index (χ2n) is 4.79. The topological polar surface area (TPSA) is 79.6 Å². The highest BCUT2D eigenvalue weighted by Crippen LogP contribution is 2.19. The molecule has 1 aromatic heterocycles. The monoisotopic (exact) mass is 354 g/mol. The summed E-state index contributed by atoms with van der Waals surface area (Å²) in [6.07, 6.45) is 3.43. The lowest BCUT2D eigenvalue weighted by Crippen LogP contribution is -2.38. The van der Waals surface area contributed by atoms with Crippen LogP contribution >= 0.6 is 11.8 Å². The van der Waals surface area contributed by atoms with Crippen molar-refractivity contribution >= 4 is 27.7 Å². The number of amides is 1. The average Bonchev–Trinajstić information content (AvgIpc) is 3.06. The van der Waals surface area contributed by atoms with Crippen molar-refractivity contribution in [3.05, 3.63) is 48.4 Å². The van der Waals surface area contributed by atoms with Crippen LogP contribution < -0.4 is 5.32 Å². The Kier molecular flexibility index (Phi) is 5.86. The molecule has 8 heteroatoms. The van der Waals surface area contributed by atoms with Gasteiger partial charge < -0.3 is 9.73 Å². The van der Waals surface area contributed by atoms with Gasteiger partial charge in [0, 0.05) is 11.9 Å². The molecule has 1 aromatic carbocycles. The smallest absolute Gasteiger partial charge is 0.243 e. The van der Waals surface area contributed by atoms with Gasteiger partial charge in [-0.1, -0.05) is 0 Å². The van der Waals surface area contributed by atoms with Crippen LogP contribution in [0.25, 0.3) is 0 Å². The van der Waals surface area contributed by atoms with E-state index in [1.54, 1.807) is 36.4 Å². The molecule has 2 aromatic rings. The van der Waals surface area contributed by atoms with Gasteiger partial charge in [-0.3, -0.25) is 4.79 Å². The van der Waals surface area contributed by atoms with Crippen molar-refractivity contribution in [2.24, 2.45) is 0 Å². The molecule has 0 spiro atoms. The van der Waals surface area contributed by atoms with Crippen LogP contribution in [0.4, 0.5) is 0 Å². The molecule has 0 atom stereocenters. The number of nitrogens with one attached hydrogen (secondary N) is 1. The third kappa shape index (κ3) is 4.60. The van der Waals surface area contributed by atoms with Crippen LogP contribution in [0.2, 0.25) is 0 Å². The van der Waals surface area contributed by atoms with Crippen molar-refractivity contribution in [2.45, 2.75) is 16.3 Å². The van der Waals surface area contributed by atoms with E-state index in [2.05, 4.69) is 5.32 Å². The van der Waals surface area contributed by atoms with Gasteiger partial charge >= 0.3 is 0 Å². The minimum atomic E-state index is -3.69. The summed E-state index contributed by atoms with van der Waals surface area (Å²) in [5.74, 6) is 0.213. The van der Waals surface area contributed by atoms with Crippen molar-refractivity contribution in [1.29, 1.82) is 0 Å². The van der Waals surface area contributed by atoms with Crippen LogP contribution in [0.3, 0.4) is 0 Å². The second kappa shape index (κ2) is 7.67. The molecule has 0 radical (unpaired) electrons. The molecular formula is C15H18N2O4S2. The standard InChI is InChI=1S/C15H18N2O4S2/c1-17(11-15(18)16-10-12-4-3-9-21-12)23(19,20)14-7-5-13(22-2)6-8-14/h3-9H,10-11H2,1-2H3,(H,16,18). The number of likely N-dealkylation sites (N-methyl/N-ethyl adjacent to an activating group) is 1. The quantitative estimate of drug-likeness (QED) is 0.769. The van der Waals surface area contributed by atoms with E-state index < -0.39 is 15.9 Å². The predicted molar refractivity (Wildman–Crippen MR) is 88.6 cm³/mol. The van der Waals surface area contributed by atoms with Crippen molar-refractivity contribution in [2.75, 3.05) is 19.8 Å². The number of hydrogen-bond donors (Lipinski definition) is 1. The first kappa shape index (κ1) is 17.6. The number of thioether (sulfide) groups is 1. The zero-order valence-electron chi connectivity index (χ0n) is 12.9. The number of hydrogen-bond acceptors (Lipinski definition) is 5. The van der Waals surface area contributed by atoms with E-state index in [4.69, 9.17) is 4.42 Å². The molecule has 0 unspecified atom stereocenters. The molecule has 0 fully saturated rings. The Morgan fingerprint density at radius 2 is 1.96 bits per heavy atom. The first-order chi connectivity index (χ1) is 10.9. The van der Waals surface area contributed by atoms with E-state index >= 15 is 0 Å². The minimum absolute atomic E-state index is 0.164. The summed E-state index contributed by atoms with van der Waals surface area (Å²) in [6.45, 7) is -0.0323. The van der Waals surface area contributed by atoms with E-state index in [1.165, 1.54) is 25.1 Å². The van der Waals surface area contributed by atoms with E-state index in [0.29, 0.717) is 5.76 Å². The van der Waals surface area contributed by atoms with Gasteiger partial charge in [0.05, 0.1) is 24.2 Å². The number of carbonyl (C=O) groups excluding carboxylic acids is 1. The molecule has 0 aliphatic rings. The Balaban J connectivity index is 1.97. The summed E-state index contributed by atoms with van der Waals surface area (Å²) in [6, 6.07) is 10.0. The number of sulfonamides is 1. The molecule has 0 aliphatic carbocycles. The van der Waals surface area contributed by atoms with Crippen LogP contribution in [-0.4, -0.2) is 38.5 Å². The maximum absolute atomic E-state index is 12.4. The number of rotatable bonds is 7. The van der Waals surface area contributed by atoms with Gasteiger partial charge in [0.1, 0.15) is 5.76 Å². The van der Waals surface area contributed by atoms with Gasteiger partial charge in [-0.15, -0.1) is 11.8 Å². The van der Waals surface area contributed by atoms with Gasteiger partial charge in [-0.25, -0.2) is 8.42 Å².